The summed E-state index contributed by atoms with van der Waals surface area (Å²) in [5, 5.41) is 0. The molecule has 2 aliphatic rings. The molecular formula is C21H27BrN4O2. The summed E-state index contributed by atoms with van der Waals surface area (Å²) in [5.41, 5.74) is 0.893. The van der Waals surface area contributed by atoms with Crippen molar-refractivity contribution in [1.29, 1.82) is 0 Å². The normalized spacial score (nSPS) is 21.1. The summed E-state index contributed by atoms with van der Waals surface area (Å²) in [7, 11) is 0. The number of nitrogens with zero attached hydrogens (tertiary/aromatic N) is 4. The van der Waals surface area contributed by atoms with Crippen LogP contribution in [-0.2, 0) is 0 Å². The molecule has 0 N–H and O–H groups in total. The van der Waals surface area contributed by atoms with Crippen LogP contribution in [0.5, 0.6) is 0 Å². The number of carbonyl (C=O) groups is 1. The van der Waals surface area contributed by atoms with Gasteiger partial charge in [0.2, 0.25) is 0 Å². The fraction of sp³-hybridized carbons (Fsp3) is 0.524. The number of amides is 1. The first-order valence-corrected chi connectivity index (χ1v) is 10.8. The number of rotatable bonds is 4. The Hall–Kier alpha value is -1.86. The summed E-state index contributed by atoms with van der Waals surface area (Å²) in [4.78, 5) is 24.2. The van der Waals surface area contributed by atoms with Gasteiger partial charge >= 0.3 is 0 Å². The summed E-state index contributed by atoms with van der Waals surface area (Å²) in [5.74, 6) is 2.08. The highest BCUT2D eigenvalue weighted by atomic mass is 79.9. The first-order chi connectivity index (χ1) is 13.6. The molecule has 0 radical (unpaired) electrons. The zero-order valence-corrected chi connectivity index (χ0v) is 17.9. The number of hydrogen-bond acceptors (Lipinski definition) is 5. The minimum Gasteiger partial charge on any atom is -0.444 e. The van der Waals surface area contributed by atoms with Crippen LogP contribution in [0, 0.1) is 12.8 Å². The highest BCUT2D eigenvalue weighted by Crippen LogP contribution is 2.25. The minimum absolute atomic E-state index is 0.0212. The molecule has 1 unspecified atom stereocenters. The lowest BCUT2D eigenvalue weighted by atomic mass is 9.96. The number of pyridine rings is 1. The zero-order chi connectivity index (χ0) is 19.5. The molecule has 0 saturated carbocycles. The fourth-order valence-corrected chi connectivity index (χ4v) is 4.77. The van der Waals surface area contributed by atoms with Gasteiger partial charge in [-0.2, -0.15) is 0 Å². The van der Waals surface area contributed by atoms with Crippen LogP contribution in [0.2, 0.25) is 0 Å². The fourth-order valence-electron chi connectivity index (χ4n) is 4.26. The van der Waals surface area contributed by atoms with E-state index in [4.69, 9.17) is 4.42 Å². The maximum absolute atomic E-state index is 12.9. The van der Waals surface area contributed by atoms with Gasteiger partial charge in [0.05, 0.1) is 0 Å². The Kier molecular flexibility index (Phi) is 6.01. The molecule has 0 bridgehead atoms. The van der Waals surface area contributed by atoms with E-state index >= 15 is 0 Å². The molecule has 1 atom stereocenters. The number of halogens is 1. The number of piperidine rings is 1. The van der Waals surface area contributed by atoms with E-state index in [0.29, 0.717) is 16.3 Å². The third-order valence-corrected chi connectivity index (χ3v) is 6.14. The standard InChI is InChI=1S/C21H27BrN4O2/c1-16-13-18(22)28-20(16)21(27)26-8-4-5-17(15-26)14-24-9-11-25(12-10-24)19-6-2-3-7-23-19/h2-3,6-7,13,17H,4-5,8-12,14-15H2,1H3. The van der Waals surface area contributed by atoms with E-state index < -0.39 is 0 Å². The number of aromatic nitrogens is 1. The van der Waals surface area contributed by atoms with Crippen molar-refractivity contribution in [3.05, 3.63) is 46.5 Å². The van der Waals surface area contributed by atoms with Crippen molar-refractivity contribution in [3.8, 4) is 0 Å². The van der Waals surface area contributed by atoms with Crippen LogP contribution >= 0.6 is 15.9 Å². The van der Waals surface area contributed by atoms with E-state index in [0.717, 1.165) is 63.6 Å². The van der Waals surface area contributed by atoms with Gasteiger partial charge in [0.1, 0.15) is 5.82 Å². The Morgan fingerprint density at radius 3 is 2.75 bits per heavy atom. The molecule has 0 aliphatic carbocycles. The molecule has 2 aromatic rings. The van der Waals surface area contributed by atoms with E-state index in [-0.39, 0.29) is 5.91 Å². The zero-order valence-electron chi connectivity index (χ0n) is 16.3. The lowest BCUT2D eigenvalue weighted by molar-refractivity contribution is 0.0604. The maximum atomic E-state index is 12.9. The summed E-state index contributed by atoms with van der Waals surface area (Å²) in [6, 6.07) is 7.94. The molecule has 0 spiro atoms. The summed E-state index contributed by atoms with van der Waals surface area (Å²) < 4.78 is 6.19. The molecule has 7 heteroatoms. The van der Waals surface area contributed by atoms with Crippen LogP contribution in [-0.4, -0.2) is 66.5 Å². The topological polar surface area (TPSA) is 52.8 Å². The number of hydrogen-bond donors (Lipinski definition) is 0. The number of furan rings is 1. The van der Waals surface area contributed by atoms with Gasteiger partial charge in [-0.15, -0.1) is 0 Å². The van der Waals surface area contributed by atoms with Gasteiger partial charge in [-0.25, -0.2) is 4.98 Å². The maximum Gasteiger partial charge on any atom is 0.289 e. The first-order valence-electron chi connectivity index (χ1n) is 10.0. The Labute approximate surface area is 174 Å². The molecular weight excluding hydrogens is 420 g/mol. The van der Waals surface area contributed by atoms with Crippen molar-refractivity contribution >= 4 is 27.7 Å². The molecule has 150 valence electrons. The number of carbonyl (C=O) groups excluding carboxylic acids is 1. The van der Waals surface area contributed by atoms with Crippen molar-refractivity contribution in [2.24, 2.45) is 5.92 Å². The van der Waals surface area contributed by atoms with E-state index in [1.54, 1.807) is 0 Å². The third kappa shape index (κ3) is 4.41. The van der Waals surface area contributed by atoms with Crippen molar-refractivity contribution in [3.63, 3.8) is 0 Å². The smallest absolute Gasteiger partial charge is 0.289 e. The van der Waals surface area contributed by atoms with Crippen molar-refractivity contribution in [2.45, 2.75) is 19.8 Å². The van der Waals surface area contributed by atoms with Crippen LogP contribution in [0.15, 0.2) is 39.5 Å². The molecule has 4 rings (SSSR count). The monoisotopic (exact) mass is 446 g/mol. The Bertz CT molecular complexity index is 802. The predicted octanol–water partition coefficient (Wildman–Crippen LogP) is 3.42. The molecule has 0 aromatic carbocycles. The number of aryl methyl sites for hydroxylation is 1. The Balaban J connectivity index is 1.30. The second-order valence-corrected chi connectivity index (χ2v) is 8.58. The first kappa shape index (κ1) is 19.5. The van der Waals surface area contributed by atoms with Crippen LogP contribution in [0.25, 0.3) is 0 Å². The number of piperazine rings is 1. The van der Waals surface area contributed by atoms with E-state index in [2.05, 4.69) is 36.8 Å². The molecule has 4 heterocycles. The highest BCUT2D eigenvalue weighted by molar-refractivity contribution is 9.10. The Morgan fingerprint density at radius 2 is 2.07 bits per heavy atom. The minimum atomic E-state index is 0.0212. The van der Waals surface area contributed by atoms with Crippen LogP contribution in [0.3, 0.4) is 0 Å². The average Bonchev–Trinajstić information content (AvgIpc) is 3.07. The largest absolute Gasteiger partial charge is 0.444 e. The summed E-state index contributed by atoms with van der Waals surface area (Å²) in [6.45, 7) is 8.72. The van der Waals surface area contributed by atoms with Crippen LogP contribution in [0.1, 0.15) is 29.0 Å². The molecule has 2 fully saturated rings. The summed E-state index contributed by atoms with van der Waals surface area (Å²) in [6.07, 6.45) is 4.10. The van der Waals surface area contributed by atoms with Gasteiger partial charge in [-0.1, -0.05) is 6.07 Å². The molecule has 2 aliphatic heterocycles. The van der Waals surface area contributed by atoms with Crippen LogP contribution in [0.4, 0.5) is 5.82 Å². The van der Waals surface area contributed by atoms with Crippen molar-refractivity contribution in [1.82, 2.24) is 14.8 Å². The number of likely N-dealkylation sites (tertiary alicyclic amines) is 1. The highest BCUT2D eigenvalue weighted by Gasteiger charge is 2.29. The molecule has 1 amide bonds. The van der Waals surface area contributed by atoms with Gasteiger partial charge < -0.3 is 14.2 Å². The van der Waals surface area contributed by atoms with Crippen molar-refractivity contribution in [2.75, 3.05) is 50.7 Å². The lowest BCUT2D eigenvalue weighted by Crippen LogP contribution is -2.50. The van der Waals surface area contributed by atoms with Crippen LogP contribution < -0.4 is 4.90 Å². The SMILES string of the molecule is Cc1cc(Br)oc1C(=O)N1CCCC(CN2CCN(c3ccccn3)CC2)C1. The predicted molar refractivity (Wildman–Crippen MR) is 113 cm³/mol. The molecule has 28 heavy (non-hydrogen) atoms. The Morgan fingerprint density at radius 1 is 1.25 bits per heavy atom. The number of anilines is 1. The second-order valence-electron chi connectivity index (χ2n) is 7.80. The molecule has 6 nitrogen and oxygen atoms in total. The van der Waals surface area contributed by atoms with Gasteiger partial charge in [-0.05, 0) is 59.8 Å². The van der Waals surface area contributed by atoms with Gasteiger partial charge in [0.15, 0.2) is 10.4 Å². The van der Waals surface area contributed by atoms with E-state index in [1.807, 2.05) is 36.2 Å². The lowest BCUT2D eigenvalue weighted by Gasteiger charge is -2.39. The quantitative estimate of drug-likeness (QED) is 0.719. The van der Waals surface area contributed by atoms with Crippen molar-refractivity contribution < 1.29 is 9.21 Å². The second kappa shape index (κ2) is 8.66. The van der Waals surface area contributed by atoms with Gasteiger partial charge in [0.25, 0.3) is 5.91 Å². The molecule has 2 aromatic heterocycles. The van der Waals surface area contributed by atoms with Gasteiger partial charge in [0, 0.05) is 57.6 Å². The summed E-state index contributed by atoms with van der Waals surface area (Å²) >= 11 is 3.32. The van der Waals surface area contributed by atoms with E-state index in [9.17, 15) is 4.79 Å². The van der Waals surface area contributed by atoms with E-state index in [1.165, 1.54) is 6.42 Å². The van der Waals surface area contributed by atoms with Gasteiger partial charge in [-0.3, -0.25) is 9.69 Å². The third-order valence-electron chi connectivity index (χ3n) is 5.75. The average molecular weight is 447 g/mol. The molecule has 2 saturated heterocycles.